The average Bonchev–Trinajstić information content (AvgIpc) is 0.924. The van der Waals surface area contributed by atoms with Crippen LogP contribution in [0.1, 0.15) is 427 Å². The van der Waals surface area contributed by atoms with Crippen molar-refractivity contribution in [1.82, 2.24) is 0 Å². The van der Waals surface area contributed by atoms with Crippen LogP contribution in [0.25, 0.3) is 0 Å². The smallest absolute Gasteiger partial charge is 0.462 e. The van der Waals surface area contributed by atoms with Gasteiger partial charge in [-0.25, -0.2) is 9.13 Å². The maximum atomic E-state index is 13.1. The number of esters is 4. The third-order valence-electron chi connectivity index (χ3n) is 19.3. The van der Waals surface area contributed by atoms with Crippen molar-refractivity contribution in [2.75, 3.05) is 39.6 Å². The average molecular weight is 1470 g/mol. The molecular weight excluding hydrogens is 1310 g/mol. The fraction of sp³-hybridized carbons (Fsp3) is 0.951. The fourth-order valence-corrected chi connectivity index (χ4v) is 14.1. The lowest BCUT2D eigenvalue weighted by molar-refractivity contribution is -0.161. The van der Waals surface area contributed by atoms with Crippen LogP contribution in [0.3, 0.4) is 0 Å². The summed E-state index contributed by atoms with van der Waals surface area (Å²) in [6, 6.07) is 0. The summed E-state index contributed by atoms with van der Waals surface area (Å²) in [5, 5.41) is 10.6. The number of phosphoric ester groups is 2. The highest BCUT2D eigenvalue weighted by Gasteiger charge is 2.30. The number of aliphatic hydroxyl groups is 1. The summed E-state index contributed by atoms with van der Waals surface area (Å²) in [7, 11) is -9.92. The standard InChI is InChI=1S/C81H158O17P2/c1-7-10-12-14-16-18-20-22-23-24-25-26-27-28-34-41-47-53-59-65-80(85)97-76(69-92-79(84)64-58-52-46-40-33-30-29-31-37-43-49-55-61-73(4)5)71-95-99(87,88)93-67-75(82)68-94-100(89,90)96-72-77(70-91-78(83)63-57-51-45-39-32-21-19-17-15-13-11-8-2)98-81(86)66-60-54-48-42-36-35-38-44-50-56-62-74(6)9-3/h73-77,82H,7-72H2,1-6H3,(H,87,88)(H,89,90)/t74?,75-,76-,77-/m1/s1. The van der Waals surface area contributed by atoms with Crippen LogP contribution in [-0.2, 0) is 65.4 Å². The van der Waals surface area contributed by atoms with E-state index in [1.807, 2.05) is 0 Å². The van der Waals surface area contributed by atoms with E-state index in [0.717, 1.165) is 102 Å². The first kappa shape index (κ1) is 98.1. The van der Waals surface area contributed by atoms with Gasteiger partial charge in [0.05, 0.1) is 26.4 Å². The zero-order chi connectivity index (χ0) is 73.5. The highest BCUT2D eigenvalue weighted by molar-refractivity contribution is 7.47. The van der Waals surface area contributed by atoms with Crippen LogP contribution in [0, 0.1) is 11.8 Å². The number of hydrogen-bond acceptors (Lipinski definition) is 15. The molecule has 0 rings (SSSR count). The molecule has 0 heterocycles. The number of aliphatic hydroxyl groups excluding tert-OH is 1. The molecule has 0 radical (unpaired) electrons. The van der Waals surface area contributed by atoms with Gasteiger partial charge in [-0.1, -0.05) is 375 Å². The Labute approximate surface area is 613 Å². The Balaban J connectivity index is 5.26. The van der Waals surface area contributed by atoms with Crippen LogP contribution in [0.15, 0.2) is 0 Å². The number of carbonyl (C=O) groups is 4. The van der Waals surface area contributed by atoms with E-state index in [9.17, 15) is 43.2 Å². The Morgan fingerprint density at radius 2 is 0.510 bits per heavy atom. The molecule has 0 fully saturated rings. The SMILES string of the molecule is CCCCCCCCCCCCCCCCCCCCCC(=O)O[C@H](COC(=O)CCCCCCCCCCCCCCC(C)C)COP(=O)(O)OC[C@@H](O)COP(=O)(O)OC[C@@H](COC(=O)CCCCCCCCCCCCCC)OC(=O)CCCCCCCCCCCCC(C)CC. The van der Waals surface area contributed by atoms with Gasteiger partial charge in [-0.3, -0.25) is 37.3 Å². The van der Waals surface area contributed by atoms with E-state index >= 15 is 0 Å². The Morgan fingerprint density at radius 3 is 0.760 bits per heavy atom. The molecule has 0 saturated carbocycles. The lowest BCUT2D eigenvalue weighted by Crippen LogP contribution is -2.30. The van der Waals surface area contributed by atoms with E-state index in [-0.39, 0.29) is 25.7 Å². The minimum Gasteiger partial charge on any atom is -0.462 e. The molecule has 0 bridgehead atoms. The van der Waals surface area contributed by atoms with Gasteiger partial charge in [-0.15, -0.1) is 0 Å². The van der Waals surface area contributed by atoms with Crippen molar-refractivity contribution < 1.29 is 80.2 Å². The minimum absolute atomic E-state index is 0.107. The first-order valence-electron chi connectivity index (χ1n) is 42.0. The lowest BCUT2D eigenvalue weighted by atomic mass is 9.99. The summed E-state index contributed by atoms with van der Waals surface area (Å²) in [5.41, 5.74) is 0. The molecule has 0 aromatic carbocycles. The molecular formula is C81H158O17P2. The maximum Gasteiger partial charge on any atom is 0.472 e. The van der Waals surface area contributed by atoms with Gasteiger partial charge in [0.2, 0.25) is 0 Å². The predicted molar refractivity (Wildman–Crippen MR) is 409 cm³/mol. The van der Waals surface area contributed by atoms with Crippen LogP contribution >= 0.6 is 15.6 Å². The molecule has 17 nitrogen and oxygen atoms in total. The zero-order valence-corrected chi connectivity index (χ0v) is 67.3. The van der Waals surface area contributed by atoms with Gasteiger partial charge >= 0.3 is 39.5 Å². The van der Waals surface area contributed by atoms with E-state index in [2.05, 4.69) is 41.5 Å². The minimum atomic E-state index is -4.96. The summed E-state index contributed by atoms with van der Waals surface area (Å²) in [4.78, 5) is 73.1. The number of hydrogen-bond donors (Lipinski definition) is 3. The third kappa shape index (κ3) is 73.0. The second-order valence-electron chi connectivity index (χ2n) is 29.9. The van der Waals surface area contributed by atoms with Gasteiger partial charge < -0.3 is 33.8 Å². The molecule has 19 heteroatoms. The molecule has 0 aromatic rings. The van der Waals surface area contributed by atoms with Crippen molar-refractivity contribution in [3.8, 4) is 0 Å². The third-order valence-corrected chi connectivity index (χ3v) is 21.2. The van der Waals surface area contributed by atoms with Crippen LogP contribution < -0.4 is 0 Å². The molecule has 3 N–H and O–H groups in total. The first-order valence-corrected chi connectivity index (χ1v) is 45.0. The Morgan fingerprint density at radius 1 is 0.290 bits per heavy atom. The molecule has 0 spiro atoms. The van der Waals surface area contributed by atoms with Gasteiger partial charge in [0, 0.05) is 25.7 Å². The highest BCUT2D eigenvalue weighted by Crippen LogP contribution is 2.45. The zero-order valence-electron chi connectivity index (χ0n) is 65.5. The molecule has 0 saturated heterocycles. The predicted octanol–water partition coefficient (Wildman–Crippen LogP) is 24.3. The summed E-state index contributed by atoms with van der Waals surface area (Å²) in [6.07, 6.45) is 62.3. The monoisotopic (exact) mass is 1470 g/mol. The second kappa shape index (κ2) is 72.6. The van der Waals surface area contributed by atoms with Gasteiger partial charge in [0.15, 0.2) is 12.2 Å². The van der Waals surface area contributed by atoms with Gasteiger partial charge in [-0.2, -0.15) is 0 Å². The molecule has 100 heavy (non-hydrogen) atoms. The molecule has 3 unspecified atom stereocenters. The Hall–Kier alpha value is -1.94. The van der Waals surface area contributed by atoms with Gasteiger partial charge in [0.25, 0.3) is 0 Å². The summed E-state index contributed by atoms with van der Waals surface area (Å²) in [6.45, 7) is 9.68. The van der Waals surface area contributed by atoms with E-state index in [1.54, 1.807) is 0 Å². The normalized spacial score (nSPS) is 14.2. The van der Waals surface area contributed by atoms with Crippen molar-refractivity contribution in [2.24, 2.45) is 11.8 Å². The molecule has 0 aliphatic heterocycles. The van der Waals surface area contributed by atoms with Crippen LogP contribution in [-0.4, -0.2) is 96.7 Å². The largest absolute Gasteiger partial charge is 0.472 e. The first-order chi connectivity index (χ1) is 48.4. The molecule has 0 aliphatic rings. The van der Waals surface area contributed by atoms with Crippen molar-refractivity contribution >= 4 is 39.5 Å². The summed E-state index contributed by atoms with van der Waals surface area (Å²) < 4.78 is 68.8. The Kier molecular flexibility index (Phi) is 71.2. The molecule has 0 aromatic heterocycles. The number of unbranched alkanes of at least 4 members (excludes halogenated alkanes) is 49. The quantitative estimate of drug-likeness (QED) is 0.0222. The molecule has 594 valence electrons. The van der Waals surface area contributed by atoms with Crippen molar-refractivity contribution in [2.45, 2.75) is 445 Å². The lowest BCUT2D eigenvalue weighted by Gasteiger charge is -2.21. The maximum absolute atomic E-state index is 13.1. The van der Waals surface area contributed by atoms with Crippen LogP contribution in [0.4, 0.5) is 0 Å². The van der Waals surface area contributed by atoms with Crippen molar-refractivity contribution in [3.63, 3.8) is 0 Å². The van der Waals surface area contributed by atoms with E-state index in [0.29, 0.717) is 25.7 Å². The number of ether oxygens (including phenoxy) is 4. The summed E-state index contributed by atoms with van der Waals surface area (Å²) in [5.74, 6) is -0.522. The highest BCUT2D eigenvalue weighted by atomic mass is 31.2. The van der Waals surface area contributed by atoms with Crippen molar-refractivity contribution in [1.29, 1.82) is 0 Å². The molecule has 6 atom stereocenters. The summed E-state index contributed by atoms with van der Waals surface area (Å²) >= 11 is 0. The van der Waals surface area contributed by atoms with Gasteiger partial charge in [-0.05, 0) is 37.5 Å². The fourth-order valence-electron chi connectivity index (χ4n) is 12.5. The topological polar surface area (TPSA) is 237 Å². The van der Waals surface area contributed by atoms with E-state index in [4.69, 9.17) is 37.0 Å². The van der Waals surface area contributed by atoms with E-state index in [1.165, 1.54) is 244 Å². The Bertz CT molecular complexity index is 1930. The molecule has 0 aliphatic carbocycles. The number of phosphoric acid groups is 2. The van der Waals surface area contributed by atoms with E-state index < -0.39 is 97.5 Å². The van der Waals surface area contributed by atoms with Gasteiger partial charge in [0.1, 0.15) is 19.3 Å². The number of carbonyl (C=O) groups excluding carboxylic acids is 4. The molecule has 0 amide bonds. The van der Waals surface area contributed by atoms with Crippen LogP contribution in [0.2, 0.25) is 0 Å². The second-order valence-corrected chi connectivity index (χ2v) is 32.8. The van der Waals surface area contributed by atoms with Crippen LogP contribution in [0.5, 0.6) is 0 Å². The number of rotatable bonds is 80. The van der Waals surface area contributed by atoms with Crippen molar-refractivity contribution in [3.05, 3.63) is 0 Å².